The van der Waals surface area contributed by atoms with Crippen molar-refractivity contribution in [3.8, 4) is 0 Å². The Hall–Kier alpha value is -0.910. The lowest BCUT2D eigenvalue weighted by Crippen LogP contribution is -2.41. The highest BCUT2D eigenvalue weighted by Crippen LogP contribution is 2.28. The molecule has 1 heterocycles. The number of nitrogens with zero attached hydrogens (tertiary/aromatic N) is 2. The minimum absolute atomic E-state index is 0.0658. The van der Waals surface area contributed by atoms with Crippen LogP contribution in [0, 0.1) is 0 Å². The summed E-state index contributed by atoms with van der Waals surface area (Å²) in [7, 11) is 1.82. The van der Waals surface area contributed by atoms with E-state index in [-0.39, 0.29) is 12.6 Å². The maximum Gasteiger partial charge on any atom is 0.317 e. The lowest BCUT2D eigenvalue weighted by Gasteiger charge is -2.22. The minimum Gasteiger partial charge on any atom is -0.396 e. The number of aromatic nitrogens is 1. The van der Waals surface area contributed by atoms with Crippen LogP contribution in [0.1, 0.15) is 31.4 Å². The molecule has 0 spiro atoms. The first kappa shape index (κ1) is 16.5. The first-order chi connectivity index (χ1) is 10.0. The van der Waals surface area contributed by atoms with E-state index < -0.39 is 0 Å². The van der Waals surface area contributed by atoms with Crippen LogP contribution in [-0.4, -0.2) is 39.8 Å². The summed E-state index contributed by atoms with van der Waals surface area (Å²) in [6.45, 7) is 1.25. The van der Waals surface area contributed by atoms with Gasteiger partial charge in [0, 0.05) is 31.9 Å². The van der Waals surface area contributed by atoms with E-state index in [4.69, 9.17) is 28.3 Å². The Balaban J connectivity index is 1.88. The van der Waals surface area contributed by atoms with Crippen LogP contribution in [0.5, 0.6) is 0 Å². The Bertz CT molecular complexity index is 501. The number of amides is 2. The molecule has 1 aliphatic carbocycles. The van der Waals surface area contributed by atoms with Gasteiger partial charge in [0.2, 0.25) is 0 Å². The lowest BCUT2D eigenvalue weighted by molar-refractivity contribution is 0.190. The second-order valence-corrected chi connectivity index (χ2v) is 6.11. The molecule has 2 amide bonds. The van der Waals surface area contributed by atoms with Crippen LogP contribution < -0.4 is 5.32 Å². The number of nitrogens with one attached hydrogen (secondary N) is 1. The number of aliphatic hydroxyl groups is 1. The Labute approximate surface area is 134 Å². The number of carbonyl (C=O) groups is 1. The van der Waals surface area contributed by atoms with Crippen LogP contribution in [0.3, 0.4) is 0 Å². The Morgan fingerprint density at radius 1 is 1.48 bits per heavy atom. The fourth-order valence-electron chi connectivity index (χ4n) is 2.26. The number of hydrogen-bond donors (Lipinski definition) is 2. The van der Waals surface area contributed by atoms with Crippen molar-refractivity contribution in [3.63, 3.8) is 0 Å². The van der Waals surface area contributed by atoms with Crippen LogP contribution in [0.2, 0.25) is 10.2 Å². The average Bonchev–Trinajstić information content (AvgIpc) is 3.26. The van der Waals surface area contributed by atoms with Crippen LogP contribution in [-0.2, 0) is 13.6 Å². The van der Waals surface area contributed by atoms with Gasteiger partial charge in [-0.3, -0.25) is 0 Å². The third-order valence-corrected chi connectivity index (χ3v) is 4.53. The average molecular weight is 334 g/mol. The molecule has 118 valence electrons. The minimum atomic E-state index is -0.0658. The number of unbranched alkanes of at least 4 members (excludes halogenated alkanes) is 1. The van der Waals surface area contributed by atoms with Gasteiger partial charge in [-0.2, -0.15) is 0 Å². The summed E-state index contributed by atoms with van der Waals surface area (Å²) in [6.07, 6.45) is 3.67. The second-order valence-electron chi connectivity index (χ2n) is 5.35. The molecule has 0 unspecified atom stereocenters. The summed E-state index contributed by atoms with van der Waals surface area (Å²) in [5.74, 6) is 0. The standard InChI is InChI=1S/C14H21Cl2N3O2/c1-18-11(8-12(15)13(18)16)9-17-14(21)19(10-4-5-10)6-2-3-7-20/h8,10,20H,2-7,9H2,1H3,(H,17,21). The zero-order chi connectivity index (χ0) is 15.4. The van der Waals surface area contributed by atoms with E-state index in [9.17, 15) is 4.79 Å². The van der Waals surface area contributed by atoms with Crippen LogP contribution in [0.15, 0.2) is 6.07 Å². The van der Waals surface area contributed by atoms with Gasteiger partial charge in [0.05, 0.1) is 11.6 Å². The SMILES string of the molecule is Cn1c(CNC(=O)N(CCCCO)C2CC2)cc(Cl)c1Cl. The molecule has 2 rings (SSSR count). The highest BCUT2D eigenvalue weighted by Gasteiger charge is 2.32. The smallest absolute Gasteiger partial charge is 0.317 e. The molecule has 0 aromatic carbocycles. The van der Waals surface area contributed by atoms with Crippen molar-refractivity contribution in [1.82, 2.24) is 14.8 Å². The fraction of sp³-hybridized carbons (Fsp3) is 0.643. The predicted octanol–water partition coefficient (Wildman–Crippen LogP) is 2.78. The van der Waals surface area contributed by atoms with Gasteiger partial charge in [-0.1, -0.05) is 23.2 Å². The molecular formula is C14H21Cl2N3O2. The second kappa shape index (κ2) is 7.38. The molecule has 0 saturated heterocycles. The monoisotopic (exact) mass is 333 g/mol. The van der Waals surface area contributed by atoms with Gasteiger partial charge in [0.1, 0.15) is 5.15 Å². The van der Waals surface area contributed by atoms with Gasteiger partial charge in [-0.25, -0.2) is 4.79 Å². The van der Waals surface area contributed by atoms with Crippen molar-refractivity contribution in [3.05, 3.63) is 21.9 Å². The quantitative estimate of drug-likeness (QED) is 0.754. The highest BCUT2D eigenvalue weighted by atomic mass is 35.5. The highest BCUT2D eigenvalue weighted by molar-refractivity contribution is 6.41. The number of carbonyl (C=O) groups excluding carboxylic acids is 1. The number of halogens is 2. The van der Waals surface area contributed by atoms with Gasteiger partial charge >= 0.3 is 6.03 Å². The van der Waals surface area contributed by atoms with E-state index in [2.05, 4.69) is 5.32 Å². The largest absolute Gasteiger partial charge is 0.396 e. The molecule has 1 aromatic rings. The van der Waals surface area contributed by atoms with Crippen molar-refractivity contribution in [1.29, 1.82) is 0 Å². The first-order valence-electron chi connectivity index (χ1n) is 7.19. The predicted molar refractivity (Wildman–Crippen MR) is 83.7 cm³/mol. The van der Waals surface area contributed by atoms with Crippen molar-refractivity contribution < 1.29 is 9.90 Å². The summed E-state index contributed by atoms with van der Waals surface area (Å²) >= 11 is 12.0. The van der Waals surface area contributed by atoms with E-state index in [0.717, 1.165) is 31.4 Å². The van der Waals surface area contributed by atoms with Crippen molar-refractivity contribution in [2.45, 2.75) is 38.3 Å². The van der Waals surface area contributed by atoms with E-state index in [1.807, 2.05) is 11.9 Å². The van der Waals surface area contributed by atoms with E-state index in [1.54, 1.807) is 10.6 Å². The van der Waals surface area contributed by atoms with E-state index in [0.29, 0.717) is 29.3 Å². The Morgan fingerprint density at radius 3 is 2.71 bits per heavy atom. The van der Waals surface area contributed by atoms with Crippen LogP contribution >= 0.6 is 23.2 Å². The summed E-state index contributed by atoms with van der Waals surface area (Å²) in [5, 5.41) is 12.7. The summed E-state index contributed by atoms with van der Waals surface area (Å²) in [4.78, 5) is 14.1. The molecule has 0 aliphatic heterocycles. The zero-order valence-electron chi connectivity index (χ0n) is 12.1. The maximum atomic E-state index is 12.3. The number of rotatable bonds is 7. The third-order valence-electron chi connectivity index (χ3n) is 3.69. The molecule has 0 radical (unpaired) electrons. The summed E-state index contributed by atoms with van der Waals surface area (Å²) in [5.41, 5.74) is 0.865. The number of hydrogen-bond acceptors (Lipinski definition) is 2. The van der Waals surface area contributed by atoms with Crippen molar-refractivity contribution in [2.24, 2.45) is 7.05 Å². The summed E-state index contributed by atoms with van der Waals surface area (Å²) in [6, 6.07) is 2.05. The van der Waals surface area contributed by atoms with Gasteiger partial charge in [0.25, 0.3) is 0 Å². The molecule has 7 heteroatoms. The van der Waals surface area contributed by atoms with Crippen LogP contribution in [0.25, 0.3) is 0 Å². The molecule has 2 N–H and O–H groups in total. The molecule has 5 nitrogen and oxygen atoms in total. The molecule has 21 heavy (non-hydrogen) atoms. The molecule has 1 aromatic heterocycles. The van der Waals surface area contributed by atoms with E-state index in [1.165, 1.54) is 0 Å². The van der Waals surface area contributed by atoms with Crippen LogP contribution in [0.4, 0.5) is 4.79 Å². The fourth-order valence-corrected chi connectivity index (χ4v) is 2.67. The molecule has 1 fully saturated rings. The topological polar surface area (TPSA) is 57.5 Å². The third kappa shape index (κ3) is 4.28. The van der Waals surface area contributed by atoms with Gasteiger partial charge in [0.15, 0.2) is 0 Å². The van der Waals surface area contributed by atoms with Crippen molar-refractivity contribution >= 4 is 29.2 Å². The molecule has 0 atom stereocenters. The Morgan fingerprint density at radius 2 is 2.19 bits per heavy atom. The first-order valence-corrected chi connectivity index (χ1v) is 7.95. The maximum absolute atomic E-state index is 12.3. The van der Waals surface area contributed by atoms with Gasteiger partial charge < -0.3 is 19.9 Å². The number of urea groups is 1. The van der Waals surface area contributed by atoms with Gasteiger partial charge in [-0.05, 0) is 31.7 Å². The number of aliphatic hydroxyl groups excluding tert-OH is 1. The lowest BCUT2D eigenvalue weighted by atomic mass is 10.3. The van der Waals surface area contributed by atoms with E-state index >= 15 is 0 Å². The molecule has 1 aliphatic rings. The zero-order valence-corrected chi connectivity index (χ0v) is 13.6. The van der Waals surface area contributed by atoms with Crippen molar-refractivity contribution in [2.75, 3.05) is 13.2 Å². The summed E-state index contributed by atoms with van der Waals surface area (Å²) < 4.78 is 1.76. The molecule has 0 bridgehead atoms. The Kier molecular flexibility index (Phi) is 5.79. The van der Waals surface area contributed by atoms with Gasteiger partial charge in [-0.15, -0.1) is 0 Å². The normalized spacial score (nSPS) is 14.3. The molecule has 1 saturated carbocycles. The molecular weight excluding hydrogens is 313 g/mol.